The molecule has 0 aliphatic rings. The van der Waals surface area contributed by atoms with Crippen LogP contribution in [0.4, 0.5) is 11.5 Å². The molecule has 2 N–H and O–H groups in total. The van der Waals surface area contributed by atoms with E-state index in [9.17, 15) is 0 Å². The molecule has 0 aliphatic carbocycles. The largest absolute Gasteiger partial charge is 0.354 e. The number of aromatic nitrogens is 1. The number of thiocarbonyl (C=S) groups is 1. The Hall–Kier alpha value is -2.40. The van der Waals surface area contributed by atoms with Gasteiger partial charge in [-0.05, 0) is 41.9 Å². The minimum absolute atomic E-state index is 0.416. The first-order chi connectivity index (χ1) is 10.6. The summed E-state index contributed by atoms with van der Waals surface area (Å²) < 4.78 is 5.26. The molecule has 0 fully saturated rings. The summed E-state index contributed by atoms with van der Waals surface area (Å²) in [6.45, 7) is 4.31. The first-order valence-electron chi connectivity index (χ1n) is 7.16. The van der Waals surface area contributed by atoms with E-state index in [4.69, 9.17) is 16.7 Å². The van der Waals surface area contributed by atoms with E-state index in [0.717, 1.165) is 16.7 Å². The van der Waals surface area contributed by atoms with Gasteiger partial charge in [-0.15, -0.1) is 0 Å². The molecule has 0 bridgehead atoms. The summed E-state index contributed by atoms with van der Waals surface area (Å²) in [5.41, 5.74) is 2.95. The Labute approximate surface area is 134 Å². The second-order valence-corrected chi connectivity index (χ2v) is 5.76. The summed E-state index contributed by atoms with van der Waals surface area (Å²) in [5.74, 6) is 1.04. The molecule has 2 aromatic carbocycles. The predicted octanol–water partition coefficient (Wildman–Crippen LogP) is 4.76. The lowest BCUT2D eigenvalue weighted by Crippen LogP contribution is -2.20. The summed E-state index contributed by atoms with van der Waals surface area (Å²) >= 11 is 5.39. The quantitative estimate of drug-likeness (QED) is 0.683. The van der Waals surface area contributed by atoms with Gasteiger partial charge < -0.3 is 15.2 Å². The van der Waals surface area contributed by atoms with Crippen LogP contribution in [0.15, 0.2) is 53.1 Å². The topological polar surface area (TPSA) is 50.1 Å². The zero-order valence-electron chi connectivity index (χ0n) is 12.5. The van der Waals surface area contributed by atoms with Gasteiger partial charge >= 0.3 is 0 Å². The van der Waals surface area contributed by atoms with Gasteiger partial charge in [-0.3, -0.25) is 0 Å². The molecule has 0 amide bonds. The number of nitrogens with one attached hydrogen (secondary N) is 2. The molecular weight excluding hydrogens is 294 g/mol. The van der Waals surface area contributed by atoms with Crippen LogP contribution in [0.5, 0.6) is 0 Å². The standard InChI is InChI=1S/C17H17N3OS/c1-11(2)12-7-3-5-9-14(12)18-17(22)19-16-13-8-4-6-10-15(13)21-20-16/h3-11H,1-2H3,(H2,18,19,20,22). The Morgan fingerprint density at radius 1 is 1.05 bits per heavy atom. The Bertz CT molecular complexity index is 810. The van der Waals surface area contributed by atoms with Gasteiger partial charge in [-0.25, -0.2) is 0 Å². The van der Waals surface area contributed by atoms with E-state index in [1.54, 1.807) is 0 Å². The van der Waals surface area contributed by atoms with Gasteiger partial charge in [0.1, 0.15) is 0 Å². The molecule has 0 unspecified atom stereocenters. The highest BCUT2D eigenvalue weighted by atomic mass is 32.1. The minimum atomic E-state index is 0.416. The van der Waals surface area contributed by atoms with Crippen molar-refractivity contribution in [3.8, 4) is 0 Å². The Morgan fingerprint density at radius 3 is 2.59 bits per heavy atom. The first kappa shape index (κ1) is 14.5. The van der Waals surface area contributed by atoms with Gasteiger partial charge in [0.2, 0.25) is 0 Å². The normalized spacial score (nSPS) is 10.9. The molecule has 3 rings (SSSR count). The molecule has 0 spiro atoms. The molecule has 0 radical (unpaired) electrons. The number of anilines is 2. The molecule has 3 aromatic rings. The maximum Gasteiger partial charge on any atom is 0.183 e. The number of hydrogen-bond acceptors (Lipinski definition) is 3. The molecule has 4 nitrogen and oxygen atoms in total. The van der Waals surface area contributed by atoms with E-state index in [2.05, 4.69) is 35.7 Å². The summed E-state index contributed by atoms with van der Waals surface area (Å²) in [4.78, 5) is 0. The molecule has 112 valence electrons. The van der Waals surface area contributed by atoms with Crippen molar-refractivity contribution in [3.63, 3.8) is 0 Å². The number of fused-ring (bicyclic) bond motifs is 1. The number of para-hydroxylation sites is 2. The highest BCUT2D eigenvalue weighted by Crippen LogP contribution is 2.25. The average Bonchev–Trinajstić information content (AvgIpc) is 2.91. The first-order valence-corrected chi connectivity index (χ1v) is 7.57. The van der Waals surface area contributed by atoms with Gasteiger partial charge in [0.25, 0.3) is 0 Å². The van der Waals surface area contributed by atoms with Gasteiger partial charge in [-0.1, -0.05) is 49.3 Å². The third-order valence-electron chi connectivity index (χ3n) is 3.44. The van der Waals surface area contributed by atoms with Crippen LogP contribution >= 0.6 is 12.2 Å². The predicted molar refractivity (Wildman–Crippen MR) is 94.4 cm³/mol. The van der Waals surface area contributed by atoms with Crippen LogP contribution in [0.1, 0.15) is 25.3 Å². The highest BCUT2D eigenvalue weighted by Gasteiger charge is 2.11. The maximum absolute atomic E-state index is 5.39. The third kappa shape index (κ3) is 2.94. The molecular formula is C17H17N3OS. The van der Waals surface area contributed by atoms with Gasteiger partial charge in [0, 0.05) is 5.69 Å². The van der Waals surface area contributed by atoms with E-state index in [1.807, 2.05) is 42.5 Å². The van der Waals surface area contributed by atoms with E-state index < -0.39 is 0 Å². The molecule has 0 aliphatic heterocycles. The fourth-order valence-corrected chi connectivity index (χ4v) is 2.56. The minimum Gasteiger partial charge on any atom is -0.354 e. The van der Waals surface area contributed by atoms with E-state index in [0.29, 0.717) is 16.8 Å². The Balaban J connectivity index is 1.79. The second kappa shape index (κ2) is 6.15. The van der Waals surface area contributed by atoms with Gasteiger partial charge in [-0.2, -0.15) is 0 Å². The second-order valence-electron chi connectivity index (χ2n) is 5.35. The molecule has 1 aromatic heterocycles. The zero-order chi connectivity index (χ0) is 15.5. The van der Waals surface area contributed by atoms with Crippen molar-refractivity contribution in [1.82, 2.24) is 5.16 Å². The maximum atomic E-state index is 5.39. The summed E-state index contributed by atoms with van der Waals surface area (Å²) in [5, 5.41) is 11.7. The van der Waals surface area contributed by atoms with Crippen molar-refractivity contribution in [2.24, 2.45) is 0 Å². The smallest absolute Gasteiger partial charge is 0.183 e. The Kier molecular flexibility index (Phi) is 4.06. The van der Waals surface area contributed by atoms with Crippen LogP contribution in [0.25, 0.3) is 11.0 Å². The number of hydrogen-bond donors (Lipinski definition) is 2. The van der Waals surface area contributed by atoms with Crippen molar-refractivity contribution < 1.29 is 4.52 Å². The van der Waals surface area contributed by atoms with Crippen LogP contribution in [0.3, 0.4) is 0 Å². The number of rotatable bonds is 3. The summed E-state index contributed by atoms with van der Waals surface area (Å²) in [6.07, 6.45) is 0. The molecule has 22 heavy (non-hydrogen) atoms. The van der Waals surface area contributed by atoms with Crippen LogP contribution in [0, 0.1) is 0 Å². The van der Waals surface area contributed by atoms with Crippen LogP contribution < -0.4 is 10.6 Å². The van der Waals surface area contributed by atoms with Crippen molar-refractivity contribution in [1.29, 1.82) is 0 Å². The van der Waals surface area contributed by atoms with Crippen molar-refractivity contribution in [2.75, 3.05) is 10.6 Å². The van der Waals surface area contributed by atoms with Crippen molar-refractivity contribution in [3.05, 3.63) is 54.1 Å². The number of benzene rings is 2. The van der Waals surface area contributed by atoms with Crippen LogP contribution in [-0.4, -0.2) is 10.3 Å². The number of nitrogens with zero attached hydrogens (tertiary/aromatic N) is 1. The van der Waals surface area contributed by atoms with Crippen molar-refractivity contribution >= 4 is 39.8 Å². The molecule has 1 heterocycles. The third-order valence-corrected chi connectivity index (χ3v) is 3.64. The molecule has 0 saturated heterocycles. The van der Waals surface area contributed by atoms with E-state index in [-0.39, 0.29) is 0 Å². The summed E-state index contributed by atoms with van der Waals surface area (Å²) in [7, 11) is 0. The molecule has 0 atom stereocenters. The molecule has 0 saturated carbocycles. The van der Waals surface area contributed by atoms with Crippen LogP contribution in [0.2, 0.25) is 0 Å². The highest BCUT2D eigenvalue weighted by molar-refractivity contribution is 7.80. The molecule has 5 heteroatoms. The van der Waals surface area contributed by atoms with Gasteiger partial charge in [0.15, 0.2) is 16.5 Å². The van der Waals surface area contributed by atoms with Gasteiger partial charge in [0.05, 0.1) is 5.39 Å². The lowest BCUT2D eigenvalue weighted by atomic mass is 10.0. The van der Waals surface area contributed by atoms with E-state index >= 15 is 0 Å². The van der Waals surface area contributed by atoms with E-state index in [1.165, 1.54) is 5.56 Å². The fraction of sp³-hybridized carbons (Fsp3) is 0.176. The summed E-state index contributed by atoms with van der Waals surface area (Å²) in [6, 6.07) is 15.8. The van der Waals surface area contributed by atoms with Crippen LogP contribution in [-0.2, 0) is 0 Å². The lowest BCUT2D eigenvalue weighted by Gasteiger charge is -2.15. The SMILES string of the molecule is CC(C)c1ccccc1NC(=S)Nc1noc2ccccc12. The lowest BCUT2D eigenvalue weighted by molar-refractivity contribution is 0.460. The average molecular weight is 311 g/mol. The fourth-order valence-electron chi connectivity index (χ4n) is 2.35. The zero-order valence-corrected chi connectivity index (χ0v) is 13.3. The Morgan fingerprint density at radius 2 is 1.77 bits per heavy atom. The monoisotopic (exact) mass is 311 g/mol. The van der Waals surface area contributed by atoms with Crippen molar-refractivity contribution in [2.45, 2.75) is 19.8 Å².